The van der Waals surface area contributed by atoms with Crippen LogP contribution in [-0.2, 0) is 0 Å². The van der Waals surface area contributed by atoms with Gasteiger partial charge in [-0.25, -0.2) is 0 Å². The first-order valence-electron chi connectivity index (χ1n) is 7.19. The fourth-order valence-corrected chi connectivity index (χ4v) is 2.40. The predicted molar refractivity (Wildman–Crippen MR) is 85.3 cm³/mol. The smallest absolute Gasteiger partial charge is 0.119 e. The molecule has 112 valence electrons. The van der Waals surface area contributed by atoms with Gasteiger partial charge < -0.3 is 15.2 Å². The summed E-state index contributed by atoms with van der Waals surface area (Å²) in [6, 6.07) is 7.53. The van der Waals surface area contributed by atoms with E-state index >= 15 is 0 Å². The fraction of sp³-hybridized carbons (Fsp3) is 0.353. The standard InChI is InChI=1S/C17H22N2O2/c1-4-9-18-15(5-2)17(20)13-8-10-19-16-7-6-12(21-3)11-14(13)16/h4,6-11,15,17-18,20H,5H2,1-3H3/b9-4+/t15-,17+/m0/s1. The van der Waals surface area contributed by atoms with Gasteiger partial charge in [0.15, 0.2) is 0 Å². The van der Waals surface area contributed by atoms with Crippen LogP contribution in [0.15, 0.2) is 42.7 Å². The second-order valence-electron chi connectivity index (χ2n) is 4.91. The minimum atomic E-state index is -0.608. The summed E-state index contributed by atoms with van der Waals surface area (Å²) < 4.78 is 5.27. The highest BCUT2D eigenvalue weighted by molar-refractivity contribution is 5.83. The Kier molecular flexibility index (Phi) is 5.17. The first kappa shape index (κ1) is 15.3. The number of aliphatic hydroxyl groups is 1. The van der Waals surface area contributed by atoms with Crippen molar-refractivity contribution in [1.82, 2.24) is 10.3 Å². The molecule has 0 amide bonds. The Morgan fingerprint density at radius 2 is 2.19 bits per heavy atom. The Balaban J connectivity index is 2.43. The zero-order chi connectivity index (χ0) is 15.2. The minimum absolute atomic E-state index is 0.0435. The van der Waals surface area contributed by atoms with Gasteiger partial charge in [-0.15, -0.1) is 0 Å². The number of allylic oxidation sites excluding steroid dienone is 1. The average molecular weight is 286 g/mol. The van der Waals surface area contributed by atoms with Gasteiger partial charge in [0.1, 0.15) is 5.75 Å². The molecule has 1 aromatic carbocycles. The van der Waals surface area contributed by atoms with Crippen molar-refractivity contribution in [3.63, 3.8) is 0 Å². The number of methoxy groups -OCH3 is 1. The Labute approximate surface area is 125 Å². The van der Waals surface area contributed by atoms with Gasteiger partial charge in [-0.3, -0.25) is 4.98 Å². The SMILES string of the molecule is C/C=C/N[C@@H](CC)[C@H](O)c1ccnc2ccc(OC)cc12. The zero-order valence-corrected chi connectivity index (χ0v) is 12.7. The molecule has 0 saturated heterocycles. The quantitative estimate of drug-likeness (QED) is 0.856. The van der Waals surface area contributed by atoms with Crippen LogP contribution in [-0.4, -0.2) is 23.2 Å². The predicted octanol–water partition coefficient (Wildman–Crippen LogP) is 3.18. The summed E-state index contributed by atoms with van der Waals surface area (Å²) in [6.07, 6.45) is 5.73. The second-order valence-corrected chi connectivity index (χ2v) is 4.91. The molecule has 0 saturated carbocycles. The van der Waals surface area contributed by atoms with Gasteiger partial charge in [-0.05, 0) is 49.4 Å². The van der Waals surface area contributed by atoms with Gasteiger partial charge >= 0.3 is 0 Å². The fourth-order valence-electron chi connectivity index (χ4n) is 2.40. The van der Waals surface area contributed by atoms with Gasteiger partial charge in [0.05, 0.1) is 24.8 Å². The third-order valence-corrected chi connectivity index (χ3v) is 3.60. The van der Waals surface area contributed by atoms with E-state index in [1.165, 1.54) is 0 Å². The van der Waals surface area contributed by atoms with E-state index in [0.717, 1.165) is 28.6 Å². The number of nitrogens with one attached hydrogen (secondary N) is 1. The Morgan fingerprint density at radius 3 is 2.86 bits per heavy atom. The van der Waals surface area contributed by atoms with Crippen LogP contribution in [0.1, 0.15) is 31.9 Å². The lowest BCUT2D eigenvalue weighted by Gasteiger charge is -2.23. The maximum absolute atomic E-state index is 10.7. The largest absolute Gasteiger partial charge is 0.497 e. The molecule has 2 rings (SSSR count). The number of pyridine rings is 1. The van der Waals surface area contributed by atoms with Crippen LogP contribution in [0, 0.1) is 0 Å². The molecule has 0 radical (unpaired) electrons. The third-order valence-electron chi connectivity index (χ3n) is 3.60. The molecule has 1 aromatic heterocycles. The molecule has 0 aliphatic rings. The maximum Gasteiger partial charge on any atom is 0.119 e. The molecule has 0 aliphatic carbocycles. The lowest BCUT2D eigenvalue weighted by Crippen LogP contribution is -2.30. The normalized spacial score (nSPS) is 14.3. The number of aromatic nitrogens is 1. The molecule has 0 unspecified atom stereocenters. The molecule has 0 bridgehead atoms. The maximum atomic E-state index is 10.7. The van der Waals surface area contributed by atoms with Gasteiger partial charge in [-0.1, -0.05) is 13.0 Å². The van der Waals surface area contributed by atoms with E-state index < -0.39 is 6.10 Å². The van der Waals surface area contributed by atoms with Crippen LogP contribution in [0.3, 0.4) is 0 Å². The van der Waals surface area contributed by atoms with Crippen molar-refractivity contribution in [3.8, 4) is 5.75 Å². The van der Waals surface area contributed by atoms with E-state index in [1.807, 2.05) is 50.4 Å². The Morgan fingerprint density at radius 1 is 1.38 bits per heavy atom. The summed E-state index contributed by atoms with van der Waals surface area (Å²) >= 11 is 0. The Bertz CT molecular complexity index is 625. The summed E-state index contributed by atoms with van der Waals surface area (Å²) in [7, 11) is 1.64. The van der Waals surface area contributed by atoms with Crippen molar-refractivity contribution in [2.75, 3.05) is 7.11 Å². The first-order valence-corrected chi connectivity index (χ1v) is 7.19. The van der Waals surface area contributed by atoms with Crippen LogP contribution < -0.4 is 10.1 Å². The molecule has 2 atom stereocenters. The van der Waals surface area contributed by atoms with E-state index in [0.29, 0.717) is 0 Å². The summed E-state index contributed by atoms with van der Waals surface area (Å²) in [5.41, 5.74) is 1.72. The molecule has 4 nitrogen and oxygen atoms in total. The lowest BCUT2D eigenvalue weighted by molar-refractivity contribution is 0.134. The molecule has 2 aromatic rings. The summed E-state index contributed by atoms with van der Waals surface area (Å²) in [5.74, 6) is 0.762. The molecule has 1 heterocycles. The second kappa shape index (κ2) is 7.09. The van der Waals surface area contributed by atoms with Gasteiger partial charge in [-0.2, -0.15) is 0 Å². The van der Waals surface area contributed by atoms with Crippen LogP contribution in [0.5, 0.6) is 5.75 Å². The monoisotopic (exact) mass is 286 g/mol. The number of benzene rings is 1. The number of aliphatic hydroxyl groups excluding tert-OH is 1. The average Bonchev–Trinajstić information content (AvgIpc) is 2.54. The van der Waals surface area contributed by atoms with E-state index in [2.05, 4.69) is 10.3 Å². The van der Waals surface area contributed by atoms with Crippen molar-refractivity contribution >= 4 is 10.9 Å². The van der Waals surface area contributed by atoms with Crippen molar-refractivity contribution in [3.05, 3.63) is 48.3 Å². The van der Waals surface area contributed by atoms with Crippen molar-refractivity contribution < 1.29 is 9.84 Å². The highest BCUT2D eigenvalue weighted by Gasteiger charge is 2.20. The molecule has 4 heteroatoms. The summed E-state index contributed by atoms with van der Waals surface area (Å²) in [6.45, 7) is 3.99. The highest BCUT2D eigenvalue weighted by Crippen LogP contribution is 2.28. The van der Waals surface area contributed by atoms with Crippen LogP contribution >= 0.6 is 0 Å². The van der Waals surface area contributed by atoms with Crippen LogP contribution in [0.2, 0.25) is 0 Å². The zero-order valence-electron chi connectivity index (χ0n) is 12.7. The first-order chi connectivity index (χ1) is 10.2. The minimum Gasteiger partial charge on any atom is -0.497 e. The molecule has 21 heavy (non-hydrogen) atoms. The van der Waals surface area contributed by atoms with E-state index in [9.17, 15) is 5.11 Å². The van der Waals surface area contributed by atoms with E-state index in [1.54, 1.807) is 13.3 Å². The summed E-state index contributed by atoms with van der Waals surface area (Å²) in [5, 5.41) is 14.9. The van der Waals surface area contributed by atoms with Crippen molar-refractivity contribution in [2.24, 2.45) is 0 Å². The number of nitrogens with zero attached hydrogens (tertiary/aromatic N) is 1. The number of ether oxygens (including phenoxy) is 1. The van der Waals surface area contributed by atoms with Crippen molar-refractivity contribution in [1.29, 1.82) is 0 Å². The molecule has 2 N–H and O–H groups in total. The molecular weight excluding hydrogens is 264 g/mol. The highest BCUT2D eigenvalue weighted by atomic mass is 16.5. The Hall–Kier alpha value is -2.07. The lowest BCUT2D eigenvalue weighted by atomic mass is 9.97. The van der Waals surface area contributed by atoms with Gasteiger partial charge in [0, 0.05) is 11.6 Å². The van der Waals surface area contributed by atoms with Gasteiger partial charge in [0.2, 0.25) is 0 Å². The van der Waals surface area contributed by atoms with Gasteiger partial charge in [0.25, 0.3) is 0 Å². The van der Waals surface area contributed by atoms with Crippen molar-refractivity contribution in [2.45, 2.75) is 32.4 Å². The topological polar surface area (TPSA) is 54.4 Å². The number of hydrogen-bond donors (Lipinski definition) is 2. The molecule has 0 spiro atoms. The number of hydrogen-bond acceptors (Lipinski definition) is 4. The van der Waals surface area contributed by atoms with E-state index in [-0.39, 0.29) is 6.04 Å². The van der Waals surface area contributed by atoms with Crippen LogP contribution in [0.4, 0.5) is 0 Å². The number of fused-ring (bicyclic) bond motifs is 1. The third kappa shape index (κ3) is 3.34. The molecule has 0 aliphatic heterocycles. The molecular formula is C17H22N2O2. The number of rotatable bonds is 6. The van der Waals surface area contributed by atoms with E-state index in [4.69, 9.17) is 4.74 Å². The van der Waals surface area contributed by atoms with Crippen LogP contribution in [0.25, 0.3) is 10.9 Å². The summed E-state index contributed by atoms with van der Waals surface area (Å²) in [4.78, 5) is 4.35. The molecule has 0 fully saturated rings.